The lowest BCUT2D eigenvalue weighted by molar-refractivity contribution is -0.355. The van der Waals surface area contributed by atoms with Crippen LogP contribution in [0.1, 0.15) is 0 Å². The molecule has 2 aliphatic heterocycles. The molecule has 0 aromatic carbocycles. The van der Waals surface area contributed by atoms with Crippen molar-refractivity contribution in [2.24, 2.45) is 0 Å². The summed E-state index contributed by atoms with van der Waals surface area (Å²) in [7, 11) is 0. The van der Waals surface area contributed by atoms with E-state index in [9.17, 15) is 35.7 Å². The van der Waals surface area contributed by atoms with Crippen molar-refractivity contribution >= 4 is 0 Å². The van der Waals surface area contributed by atoms with Crippen LogP contribution in [0, 0.1) is 0 Å². The molecule has 2 aliphatic rings. The molecule has 11 nitrogen and oxygen atoms in total. The minimum atomic E-state index is -1.74. The SMILES string of the molecule is OC[C@@H]1O[C@H](O[C@H]2[C@H](O)[C@@H](O)[C@H](O)O[C@@H]2CO)[C@@H](O)[C@H](O)[C@H]1O. The van der Waals surface area contributed by atoms with E-state index in [1.807, 2.05) is 0 Å². The Morgan fingerprint density at radius 1 is 0.652 bits per heavy atom. The van der Waals surface area contributed by atoms with E-state index in [1.165, 1.54) is 0 Å². The number of ether oxygens (including phenoxy) is 3. The van der Waals surface area contributed by atoms with Crippen LogP contribution < -0.4 is 0 Å². The molecule has 8 N–H and O–H groups in total. The first-order valence-corrected chi connectivity index (χ1v) is 7.08. The Balaban J connectivity index is 2.11. The summed E-state index contributed by atoms with van der Waals surface area (Å²) in [4.78, 5) is 0. The molecule has 0 saturated carbocycles. The van der Waals surface area contributed by atoms with Gasteiger partial charge in [0.05, 0.1) is 13.2 Å². The molecule has 0 bridgehead atoms. The second kappa shape index (κ2) is 7.63. The van der Waals surface area contributed by atoms with Gasteiger partial charge in [-0.2, -0.15) is 0 Å². The monoisotopic (exact) mass is 342 g/mol. The van der Waals surface area contributed by atoms with E-state index in [0.29, 0.717) is 0 Å². The second-order valence-corrected chi connectivity index (χ2v) is 5.53. The summed E-state index contributed by atoms with van der Waals surface area (Å²) in [6, 6.07) is 0. The second-order valence-electron chi connectivity index (χ2n) is 5.53. The molecule has 2 heterocycles. The minimum Gasteiger partial charge on any atom is -0.394 e. The van der Waals surface area contributed by atoms with E-state index in [1.54, 1.807) is 0 Å². The highest BCUT2D eigenvalue weighted by molar-refractivity contribution is 4.93. The van der Waals surface area contributed by atoms with Crippen LogP contribution in [-0.4, -0.2) is 115 Å². The van der Waals surface area contributed by atoms with Crippen molar-refractivity contribution in [1.29, 1.82) is 0 Å². The maximum atomic E-state index is 9.94. The third-order valence-electron chi connectivity index (χ3n) is 3.98. The Labute approximate surface area is 130 Å². The molecule has 0 aliphatic carbocycles. The highest BCUT2D eigenvalue weighted by Crippen LogP contribution is 2.28. The third-order valence-corrected chi connectivity index (χ3v) is 3.98. The van der Waals surface area contributed by atoms with Gasteiger partial charge in [-0.3, -0.25) is 0 Å². The van der Waals surface area contributed by atoms with Crippen molar-refractivity contribution in [3.8, 4) is 0 Å². The summed E-state index contributed by atoms with van der Waals surface area (Å²) in [5.74, 6) is 0. The molecule has 0 aromatic heterocycles. The molecule has 11 heteroatoms. The average Bonchev–Trinajstić information content (AvgIpc) is 2.55. The molecule has 136 valence electrons. The van der Waals surface area contributed by atoms with E-state index in [0.717, 1.165) is 0 Å². The van der Waals surface area contributed by atoms with Gasteiger partial charge in [0, 0.05) is 0 Å². The van der Waals surface area contributed by atoms with Crippen LogP contribution in [0.3, 0.4) is 0 Å². The average molecular weight is 342 g/mol. The van der Waals surface area contributed by atoms with E-state index >= 15 is 0 Å². The van der Waals surface area contributed by atoms with Crippen LogP contribution in [0.15, 0.2) is 0 Å². The summed E-state index contributed by atoms with van der Waals surface area (Å²) in [6.45, 7) is -1.35. The van der Waals surface area contributed by atoms with Crippen molar-refractivity contribution in [2.45, 2.75) is 61.4 Å². The number of hydrogen-bond acceptors (Lipinski definition) is 11. The van der Waals surface area contributed by atoms with Crippen LogP contribution in [-0.2, 0) is 14.2 Å². The minimum absolute atomic E-state index is 0.667. The van der Waals surface area contributed by atoms with Crippen LogP contribution in [0.25, 0.3) is 0 Å². The molecule has 10 atom stereocenters. The van der Waals surface area contributed by atoms with Gasteiger partial charge in [-0.05, 0) is 0 Å². The van der Waals surface area contributed by atoms with Crippen LogP contribution in [0.5, 0.6) is 0 Å². The molecule has 0 aromatic rings. The third kappa shape index (κ3) is 3.65. The fraction of sp³-hybridized carbons (Fsp3) is 1.00. The zero-order valence-electron chi connectivity index (χ0n) is 12.0. The van der Waals surface area contributed by atoms with Gasteiger partial charge >= 0.3 is 0 Å². The fourth-order valence-corrected chi connectivity index (χ4v) is 2.57. The van der Waals surface area contributed by atoms with Crippen LogP contribution in [0.2, 0.25) is 0 Å². The zero-order valence-corrected chi connectivity index (χ0v) is 12.0. The molecule has 0 radical (unpaired) electrons. The molecule has 0 amide bonds. The fourth-order valence-electron chi connectivity index (χ4n) is 2.57. The van der Waals surface area contributed by atoms with Crippen molar-refractivity contribution in [1.82, 2.24) is 0 Å². The number of hydrogen-bond donors (Lipinski definition) is 8. The topological polar surface area (TPSA) is 190 Å². The Morgan fingerprint density at radius 3 is 1.83 bits per heavy atom. The highest BCUT2D eigenvalue weighted by Gasteiger charge is 2.50. The van der Waals surface area contributed by atoms with Crippen molar-refractivity contribution in [2.75, 3.05) is 13.2 Å². The van der Waals surface area contributed by atoms with Gasteiger partial charge < -0.3 is 55.1 Å². The number of aliphatic hydroxyl groups is 8. The zero-order chi connectivity index (χ0) is 17.3. The van der Waals surface area contributed by atoms with E-state index in [-0.39, 0.29) is 0 Å². The molecular weight excluding hydrogens is 320 g/mol. The smallest absolute Gasteiger partial charge is 0.187 e. The van der Waals surface area contributed by atoms with Gasteiger partial charge in [0.1, 0.15) is 48.8 Å². The molecule has 23 heavy (non-hydrogen) atoms. The summed E-state index contributed by atoms with van der Waals surface area (Å²) < 4.78 is 15.3. The lowest BCUT2D eigenvalue weighted by atomic mass is 9.97. The Kier molecular flexibility index (Phi) is 6.27. The summed E-state index contributed by atoms with van der Waals surface area (Å²) in [6.07, 6.45) is -15.6. The lowest BCUT2D eigenvalue weighted by Gasteiger charge is -2.45. The maximum Gasteiger partial charge on any atom is 0.187 e. The van der Waals surface area contributed by atoms with Gasteiger partial charge in [-0.1, -0.05) is 0 Å². The van der Waals surface area contributed by atoms with E-state index in [4.69, 9.17) is 19.3 Å². The lowest BCUT2D eigenvalue weighted by Crippen LogP contribution is -2.64. The number of aliphatic hydroxyl groups excluding tert-OH is 8. The van der Waals surface area contributed by atoms with Gasteiger partial charge in [0.2, 0.25) is 0 Å². The largest absolute Gasteiger partial charge is 0.394 e. The maximum absolute atomic E-state index is 9.94. The van der Waals surface area contributed by atoms with Gasteiger partial charge in [0.15, 0.2) is 12.6 Å². The van der Waals surface area contributed by atoms with Crippen LogP contribution in [0.4, 0.5) is 0 Å². The van der Waals surface area contributed by atoms with Crippen LogP contribution >= 0.6 is 0 Å². The number of rotatable bonds is 4. The highest BCUT2D eigenvalue weighted by atomic mass is 16.7. The summed E-state index contributed by atoms with van der Waals surface area (Å²) >= 11 is 0. The molecule has 0 spiro atoms. The first-order valence-electron chi connectivity index (χ1n) is 7.08. The predicted molar refractivity (Wildman–Crippen MR) is 68.6 cm³/mol. The first-order chi connectivity index (χ1) is 10.8. The first kappa shape index (κ1) is 18.9. The van der Waals surface area contributed by atoms with E-state index in [2.05, 4.69) is 0 Å². The van der Waals surface area contributed by atoms with Gasteiger partial charge in [0.25, 0.3) is 0 Å². The van der Waals surface area contributed by atoms with Gasteiger partial charge in [-0.25, -0.2) is 0 Å². The molecule has 2 fully saturated rings. The van der Waals surface area contributed by atoms with Crippen molar-refractivity contribution < 1.29 is 55.1 Å². The Morgan fingerprint density at radius 2 is 1.26 bits per heavy atom. The summed E-state index contributed by atoms with van der Waals surface area (Å²) in [5, 5.41) is 76.5. The molecule has 0 unspecified atom stereocenters. The Bertz CT molecular complexity index is 378. The standard InChI is InChI=1S/C12H22O11/c13-1-3-5(15)6(16)9(19)12(22-3)23-10-4(2-14)21-11(20)8(18)7(10)17/h3-20H,1-2H2/t3-,4+,5-,6+,7+,8+,9-,10+,11+,12+/m0/s1. The quantitative estimate of drug-likeness (QED) is 0.243. The Hall–Kier alpha value is -0.440. The van der Waals surface area contributed by atoms with E-state index < -0.39 is 74.6 Å². The molecule has 2 rings (SSSR count). The molecule has 2 saturated heterocycles. The molecular formula is C12H22O11. The summed E-state index contributed by atoms with van der Waals surface area (Å²) in [5.41, 5.74) is 0. The predicted octanol–water partition coefficient (Wildman–Crippen LogP) is -5.40. The van der Waals surface area contributed by atoms with Crippen molar-refractivity contribution in [3.05, 3.63) is 0 Å². The van der Waals surface area contributed by atoms with Gasteiger partial charge in [-0.15, -0.1) is 0 Å². The van der Waals surface area contributed by atoms with Crippen molar-refractivity contribution in [3.63, 3.8) is 0 Å². The normalized spacial score (nSPS) is 51.7.